The van der Waals surface area contributed by atoms with E-state index in [4.69, 9.17) is 4.74 Å². The van der Waals surface area contributed by atoms with E-state index in [-0.39, 0.29) is 0 Å². The summed E-state index contributed by atoms with van der Waals surface area (Å²) in [5, 5.41) is 0. The Labute approximate surface area is 96.6 Å². The van der Waals surface area contributed by atoms with Gasteiger partial charge in [-0.25, -0.2) is 0 Å². The Bertz CT molecular complexity index is 123. The molecule has 92 valence electrons. The smallest absolute Gasteiger partial charge is 0.0494 e. The Morgan fingerprint density at radius 2 is 1.67 bits per heavy atom. The summed E-state index contributed by atoms with van der Waals surface area (Å²) in [6, 6.07) is 0. The maximum absolute atomic E-state index is 5.80. The monoisotopic (exact) mass is 214 g/mol. The Morgan fingerprint density at radius 3 is 2.20 bits per heavy atom. The molecule has 0 bridgehead atoms. The van der Waals surface area contributed by atoms with Crippen molar-refractivity contribution in [1.29, 1.82) is 0 Å². The highest BCUT2D eigenvalue weighted by Gasteiger charge is 2.07. The summed E-state index contributed by atoms with van der Waals surface area (Å²) in [5.41, 5.74) is 0. The SMILES string of the molecule is CCCCC(CC)COCC(C)CCC. The average Bonchev–Trinajstić information content (AvgIpc) is 2.23. The van der Waals surface area contributed by atoms with Crippen LogP contribution in [0.4, 0.5) is 0 Å². The van der Waals surface area contributed by atoms with E-state index in [0.29, 0.717) is 0 Å². The highest BCUT2D eigenvalue weighted by molar-refractivity contribution is 4.57. The van der Waals surface area contributed by atoms with Crippen molar-refractivity contribution in [1.82, 2.24) is 0 Å². The largest absolute Gasteiger partial charge is 0.381 e. The minimum Gasteiger partial charge on any atom is -0.381 e. The van der Waals surface area contributed by atoms with E-state index in [1.54, 1.807) is 0 Å². The van der Waals surface area contributed by atoms with Gasteiger partial charge >= 0.3 is 0 Å². The van der Waals surface area contributed by atoms with Crippen LogP contribution in [0.5, 0.6) is 0 Å². The molecular weight excluding hydrogens is 184 g/mol. The second-order valence-corrected chi connectivity index (χ2v) is 4.85. The van der Waals surface area contributed by atoms with Crippen LogP contribution >= 0.6 is 0 Å². The fraction of sp³-hybridized carbons (Fsp3) is 1.00. The molecule has 0 spiro atoms. The van der Waals surface area contributed by atoms with Crippen LogP contribution in [-0.2, 0) is 4.74 Å². The zero-order chi connectivity index (χ0) is 11.5. The minimum absolute atomic E-state index is 0.735. The first-order valence-corrected chi connectivity index (χ1v) is 6.82. The highest BCUT2D eigenvalue weighted by Crippen LogP contribution is 2.14. The van der Waals surface area contributed by atoms with E-state index in [1.165, 1.54) is 38.5 Å². The summed E-state index contributed by atoms with van der Waals surface area (Å²) >= 11 is 0. The summed E-state index contributed by atoms with van der Waals surface area (Å²) < 4.78 is 5.80. The third kappa shape index (κ3) is 8.92. The molecule has 0 heterocycles. The predicted octanol–water partition coefficient (Wildman–Crippen LogP) is 4.66. The lowest BCUT2D eigenvalue weighted by molar-refractivity contribution is 0.0689. The summed E-state index contributed by atoms with van der Waals surface area (Å²) in [7, 11) is 0. The fourth-order valence-electron chi connectivity index (χ4n) is 1.91. The van der Waals surface area contributed by atoms with Crippen LogP contribution in [0.2, 0.25) is 0 Å². The van der Waals surface area contributed by atoms with E-state index in [1.807, 2.05) is 0 Å². The van der Waals surface area contributed by atoms with Gasteiger partial charge in [0.15, 0.2) is 0 Å². The van der Waals surface area contributed by atoms with Crippen LogP contribution in [-0.4, -0.2) is 13.2 Å². The minimum atomic E-state index is 0.735. The highest BCUT2D eigenvalue weighted by atomic mass is 16.5. The number of rotatable bonds is 10. The van der Waals surface area contributed by atoms with Crippen molar-refractivity contribution in [2.75, 3.05) is 13.2 Å². The average molecular weight is 214 g/mol. The number of unbranched alkanes of at least 4 members (excludes halogenated alkanes) is 1. The molecule has 1 heteroatoms. The molecule has 0 aromatic rings. The van der Waals surface area contributed by atoms with Gasteiger partial charge in [-0.15, -0.1) is 0 Å². The van der Waals surface area contributed by atoms with Crippen molar-refractivity contribution >= 4 is 0 Å². The Hall–Kier alpha value is -0.0400. The molecule has 2 atom stereocenters. The maximum Gasteiger partial charge on any atom is 0.0494 e. The van der Waals surface area contributed by atoms with Crippen molar-refractivity contribution < 1.29 is 4.74 Å². The number of hydrogen-bond acceptors (Lipinski definition) is 1. The molecule has 2 unspecified atom stereocenters. The second-order valence-electron chi connectivity index (χ2n) is 4.85. The van der Waals surface area contributed by atoms with Gasteiger partial charge in [-0.3, -0.25) is 0 Å². The lowest BCUT2D eigenvalue weighted by Gasteiger charge is -2.16. The van der Waals surface area contributed by atoms with Gasteiger partial charge in [0.25, 0.3) is 0 Å². The molecule has 0 aliphatic carbocycles. The van der Waals surface area contributed by atoms with Crippen LogP contribution in [0.1, 0.15) is 66.2 Å². The molecular formula is C14H30O. The molecule has 0 aliphatic heterocycles. The normalized spacial score (nSPS) is 15.2. The van der Waals surface area contributed by atoms with E-state index in [2.05, 4.69) is 27.7 Å². The quantitative estimate of drug-likeness (QED) is 0.514. The van der Waals surface area contributed by atoms with Gasteiger partial charge in [0.2, 0.25) is 0 Å². The summed E-state index contributed by atoms with van der Waals surface area (Å²) in [6.07, 6.45) is 7.84. The topological polar surface area (TPSA) is 9.23 Å². The van der Waals surface area contributed by atoms with Crippen molar-refractivity contribution in [3.05, 3.63) is 0 Å². The molecule has 0 fully saturated rings. The molecule has 15 heavy (non-hydrogen) atoms. The molecule has 0 rings (SSSR count). The first-order valence-electron chi connectivity index (χ1n) is 6.82. The number of ether oxygens (including phenoxy) is 1. The van der Waals surface area contributed by atoms with Crippen molar-refractivity contribution in [2.45, 2.75) is 66.2 Å². The van der Waals surface area contributed by atoms with E-state index < -0.39 is 0 Å². The third-order valence-corrected chi connectivity index (χ3v) is 3.08. The lowest BCUT2D eigenvalue weighted by Crippen LogP contribution is -2.13. The fourth-order valence-corrected chi connectivity index (χ4v) is 1.91. The van der Waals surface area contributed by atoms with Crippen LogP contribution in [0, 0.1) is 11.8 Å². The van der Waals surface area contributed by atoms with Crippen molar-refractivity contribution in [2.24, 2.45) is 11.8 Å². The molecule has 1 nitrogen and oxygen atoms in total. The summed E-state index contributed by atoms with van der Waals surface area (Å²) in [4.78, 5) is 0. The molecule has 0 saturated heterocycles. The van der Waals surface area contributed by atoms with Crippen LogP contribution in [0.3, 0.4) is 0 Å². The predicted molar refractivity (Wildman–Crippen MR) is 68.2 cm³/mol. The summed E-state index contributed by atoms with van der Waals surface area (Å²) in [6.45, 7) is 11.0. The zero-order valence-corrected chi connectivity index (χ0v) is 11.2. The second kappa shape index (κ2) is 10.5. The Balaban J connectivity index is 3.44. The first-order chi connectivity index (χ1) is 7.24. The van der Waals surface area contributed by atoms with E-state index in [9.17, 15) is 0 Å². The molecule has 0 N–H and O–H groups in total. The maximum atomic E-state index is 5.80. The van der Waals surface area contributed by atoms with E-state index in [0.717, 1.165) is 25.0 Å². The van der Waals surface area contributed by atoms with Crippen LogP contribution < -0.4 is 0 Å². The summed E-state index contributed by atoms with van der Waals surface area (Å²) in [5.74, 6) is 1.53. The standard InChI is InChI=1S/C14H30O/c1-5-8-10-14(7-3)12-15-11-13(4)9-6-2/h13-14H,5-12H2,1-4H3. The molecule has 0 radical (unpaired) electrons. The van der Waals surface area contributed by atoms with Crippen molar-refractivity contribution in [3.63, 3.8) is 0 Å². The van der Waals surface area contributed by atoms with Gasteiger partial charge in [-0.2, -0.15) is 0 Å². The Morgan fingerprint density at radius 1 is 0.933 bits per heavy atom. The molecule has 0 amide bonds. The van der Waals surface area contributed by atoms with Gasteiger partial charge in [0.05, 0.1) is 0 Å². The molecule has 0 aromatic heterocycles. The molecule has 0 aromatic carbocycles. The van der Waals surface area contributed by atoms with Gasteiger partial charge in [0.1, 0.15) is 0 Å². The Kier molecular flexibility index (Phi) is 10.4. The van der Waals surface area contributed by atoms with Crippen LogP contribution in [0.15, 0.2) is 0 Å². The molecule has 0 saturated carbocycles. The third-order valence-electron chi connectivity index (χ3n) is 3.08. The van der Waals surface area contributed by atoms with Gasteiger partial charge in [0, 0.05) is 13.2 Å². The number of hydrogen-bond donors (Lipinski definition) is 0. The molecule has 0 aliphatic rings. The van der Waals surface area contributed by atoms with Gasteiger partial charge in [-0.1, -0.05) is 53.4 Å². The van der Waals surface area contributed by atoms with Crippen LogP contribution in [0.25, 0.3) is 0 Å². The zero-order valence-electron chi connectivity index (χ0n) is 11.2. The van der Waals surface area contributed by atoms with Gasteiger partial charge < -0.3 is 4.74 Å². The lowest BCUT2D eigenvalue weighted by atomic mass is 10.0. The first kappa shape index (κ1) is 15.0. The van der Waals surface area contributed by atoms with Gasteiger partial charge in [-0.05, 0) is 24.7 Å². The van der Waals surface area contributed by atoms with E-state index >= 15 is 0 Å². The van der Waals surface area contributed by atoms with Crippen molar-refractivity contribution in [3.8, 4) is 0 Å².